The molecule has 5 rings (SSSR count). The molecule has 5 aromatic carbocycles. The first-order valence-electron chi connectivity index (χ1n) is 15.9. The second kappa shape index (κ2) is 17.8. The molecule has 0 spiro atoms. The molecule has 0 aromatic heterocycles. The van der Waals surface area contributed by atoms with Crippen LogP contribution >= 0.6 is 23.4 Å². The van der Waals surface area contributed by atoms with Crippen molar-refractivity contribution in [3.05, 3.63) is 143 Å². The zero-order chi connectivity index (χ0) is 37.0. The molecule has 0 fully saturated rings. The Morgan fingerprint density at radius 1 is 0.692 bits per heavy atom. The standard InChI is InChI=1S/C40H36ClN3O7S/c1-48-33-19-18-28(41)23-31(33)43-40(47)37(26-12-7-5-8-13-26)52-30-17-11-16-29(24-30)42-39(46)32(44-38(45)27-14-9-6-10-15-27)20-25-21-34(49-2)36(51-4)35(22-25)50-3/h5-24,37H,1-4H3,(H,42,46)(H,43,47)(H,44,45)/b32-20+. The molecular weight excluding hydrogens is 702 g/mol. The van der Waals surface area contributed by atoms with Crippen LogP contribution in [-0.4, -0.2) is 46.2 Å². The summed E-state index contributed by atoms with van der Waals surface area (Å²) in [7, 11) is 5.98. The SMILES string of the molecule is COc1ccc(Cl)cc1NC(=O)C(Sc1cccc(NC(=O)/C(=C\c2cc(OC)c(OC)c(OC)c2)NC(=O)c2ccccc2)c1)c1ccccc1. The predicted octanol–water partition coefficient (Wildman–Crippen LogP) is 8.26. The van der Waals surface area contributed by atoms with Gasteiger partial charge in [0.15, 0.2) is 11.5 Å². The van der Waals surface area contributed by atoms with E-state index in [0.29, 0.717) is 55.4 Å². The highest BCUT2D eigenvalue weighted by Crippen LogP contribution is 2.40. The van der Waals surface area contributed by atoms with Gasteiger partial charge in [0.05, 0.1) is 34.1 Å². The molecular formula is C40H36ClN3O7S. The normalized spacial score (nSPS) is 11.5. The van der Waals surface area contributed by atoms with Crippen molar-refractivity contribution in [1.29, 1.82) is 0 Å². The first-order chi connectivity index (χ1) is 25.2. The maximum Gasteiger partial charge on any atom is 0.272 e. The van der Waals surface area contributed by atoms with Gasteiger partial charge in [-0.15, -0.1) is 11.8 Å². The summed E-state index contributed by atoms with van der Waals surface area (Å²) in [4.78, 5) is 41.6. The van der Waals surface area contributed by atoms with Gasteiger partial charge < -0.3 is 34.9 Å². The monoisotopic (exact) mass is 737 g/mol. The van der Waals surface area contributed by atoms with Crippen LogP contribution in [0.3, 0.4) is 0 Å². The number of hydrogen-bond donors (Lipinski definition) is 3. The van der Waals surface area contributed by atoms with E-state index in [4.69, 9.17) is 30.5 Å². The molecule has 0 heterocycles. The van der Waals surface area contributed by atoms with Gasteiger partial charge in [-0.2, -0.15) is 0 Å². The minimum Gasteiger partial charge on any atom is -0.495 e. The summed E-state index contributed by atoms with van der Waals surface area (Å²) < 4.78 is 21.8. The van der Waals surface area contributed by atoms with E-state index in [1.165, 1.54) is 46.3 Å². The molecule has 3 amide bonds. The van der Waals surface area contributed by atoms with Crippen molar-refractivity contribution in [2.75, 3.05) is 39.1 Å². The second-order valence-electron chi connectivity index (χ2n) is 11.1. The first-order valence-corrected chi connectivity index (χ1v) is 17.1. The molecule has 0 aliphatic heterocycles. The summed E-state index contributed by atoms with van der Waals surface area (Å²) in [5.41, 5.74) is 2.46. The summed E-state index contributed by atoms with van der Waals surface area (Å²) in [5.74, 6) is 0.220. The Kier molecular flexibility index (Phi) is 12.8. The molecule has 0 saturated carbocycles. The number of hydrogen-bond acceptors (Lipinski definition) is 8. The Bertz CT molecular complexity index is 2050. The van der Waals surface area contributed by atoms with Gasteiger partial charge in [-0.1, -0.05) is 66.2 Å². The fraction of sp³-hybridized carbons (Fsp3) is 0.125. The van der Waals surface area contributed by atoms with E-state index in [-0.39, 0.29) is 11.6 Å². The third kappa shape index (κ3) is 9.45. The fourth-order valence-electron chi connectivity index (χ4n) is 5.15. The molecule has 3 N–H and O–H groups in total. The van der Waals surface area contributed by atoms with Gasteiger partial charge in [-0.05, 0) is 77.9 Å². The number of methoxy groups -OCH3 is 4. The highest BCUT2D eigenvalue weighted by atomic mass is 35.5. The Morgan fingerprint density at radius 3 is 1.98 bits per heavy atom. The fourth-order valence-corrected chi connectivity index (χ4v) is 6.41. The molecule has 0 saturated heterocycles. The Morgan fingerprint density at radius 2 is 1.35 bits per heavy atom. The molecule has 266 valence electrons. The van der Waals surface area contributed by atoms with Crippen molar-refractivity contribution in [2.24, 2.45) is 0 Å². The molecule has 0 bridgehead atoms. The van der Waals surface area contributed by atoms with Crippen molar-refractivity contribution in [1.82, 2.24) is 5.32 Å². The summed E-state index contributed by atoms with van der Waals surface area (Å²) in [6.07, 6.45) is 1.51. The maximum absolute atomic E-state index is 13.9. The lowest BCUT2D eigenvalue weighted by Gasteiger charge is -2.19. The van der Waals surface area contributed by atoms with Gasteiger partial charge in [0.2, 0.25) is 11.7 Å². The average molecular weight is 738 g/mol. The van der Waals surface area contributed by atoms with Gasteiger partial charge in [0.25, 0.3) is 11.8 Å². The van der Waals surface area contributed by atoms with Crippen molar-refractivity contribution >= 4 is 58.5 Å². The van der Waals surface area contributed by atoms with E-state index in [1.807, 2.05) is 36.4 Å². The number of nitrogens with one attached hydrogen (secondary N) is 3. The Balaban J connectivity index is 1.44. The minimum absolute atomic E-state index is 0.0433. The zero-order valence-electron chi connectivity index (χ0n) is 28.8. The largest absolute Gasteiger partial charge is 0.495 e. The summed E-state index contributed by atoms with van der Waals surface area (Å²) in [6.45, 7) is 0. The van der Waals surface area contributed by atoms with Crippen LogP contribution in [0.4, 0.5) is 11.4 Å². The van der Waals surface area contributed by atoms with E-state index in [0.717, 1.165) is 5.56 Å². The lowest BCUT2D eigenvalue weighted by atomic mass is 10.1. The van der Waals surface area contributed by atoms with E-state index in [2.05, 4.69) is 16.0 Å². The van der Waals surface area contributed by atoms with Crippen LogP contribution in [0.15, 0.2) is 126 Å². The van der Waals surface area contributed by atoms with Crippen LogP contribution in [-0.2, 0) is 9.59 Å². The molecule has 10 nitrogen and oxygen atoms in total. The van der Waals surface area contributed by atoms with Crippen molar-refractivity contribution in [3.8, 4) is 23.0 Å². The summed E-state index contributed by atoms with van der Waals surface area (Å²) in [6, 6.07) is 33.3. The van der Waals surface area contributed by atoms with Crippen LogP contribution in [0.1, 0.15) is 26.7 Å². The number of carbonyl (C=O) groups excluding carboxylic acids is 3. The number of amides is 3. The Hall–Kier alpha value is -5.91. The summed E-state index contributed by atoms with van der Waals surface area (Å²) in [5, 5.41) is 8.34. The Labute approximate surface area is 311 Å². The smallest absolute Gasteiger partial charge is 0.272 e. The predicted molar refractivity (Wildman–Crippen MR) is 205 cm³/mol. The number of thioether (sulfide) groups is 1. The van der Waals surface area contributed by atoms with Crippen LogP contribution < -0.4 is 34.9 Å². The number of rotatable bonds is 14. The van der Waals surface area contributed by atoms with Gasteiger partial charge in [0.1, 0.15) is 16.7 Å². The number of benzene rings is 5. The molecule has 1 atom stereocenters. The highest BCUT2D eigenvalue weighted by molar-refractivity contribution is 8.00. The number of halogens is 1. The van der Waals surface area contributed by atoms with E-state index >= 15 is 0 Å². The van der Waals surface area contributed by atoms with Crippen LogP contribution in [0.2, 0.25) is 5.02 Å². The van der Waals surface area contributed by atoms with Crippen molar-refractivity contribution < 1.29 is 33.3 Å². The number of anilines is 2. The van der Waals surface area contributed by atoms with Gasteiger partial charge in [-0.3, -0.25) is 14.4 Å². The number of carbonyl (C=O) groups is 3. The third-order valence-electron chi connectivity index (χ3n) is 7.63. The molecule has 52 heavy (non-hydrogen) atoms. The van der Waals surface area contributed by atoms with E-state index in [1.54, 1.807) is 78.9 Å². The van der Waals surface area contributed by atoms with Gasteiger partial charge in [-0.25, -0.2) is 0 Å². The minimum atomic E-state index is -0.684. The lowest BCUT2D eigenvalue weighted by molar-refractivity contribution is -0.116. The van der Waals surface area contributed by atoms with E-state index < -0.39 is 17.1 Å². The summed E-state index contributed by atoms with van der Waals surface area (Å²) >= 11 is 7.52. The third-order valence-corrected chi connectivity index (χ3v) is 9.12. The average Bonchev–Trinajstić information content (AvgIpc) is 3.17. The highest BCUT2D eigenvalue weighted by Gasteiger charge is 2.24. The van der Waals surface area contributed by atoms with Crippen LogP contribution in [0.25, 0.3) is 6.08 Å². The van der Waals surface area contributed by atoms with Gasteiger partial charge >= 0.3 is 0 Å². The lowest BCUT2D eigenvalue weighted by Crippen LogP contribution is -2.30. The zero-order valence-corrected chi connectivity index (χ0v) is 30.3. The maximum atomic E-state index is 13.9. The van der Waals surface area contributed by atoms with Crippen molar-refractivity contribution in [3.63, 3.8) is 0 Å². The molecule has 0 aliphatic rings. The van der Waals surface area contributed by atoms with Gasteiger partial charge in [0, 0.05) is 21.2 Å². The molecule has 12 heteroatoms. The van der Waals surface area contributed by atoms with Crippen molar-refractivity contribution in [2.45, 2.75) is 10.1 Å². The van der Waals surface area contributed by atoms with Crippen LogP contribution in [0, 0.1) is 0 Å². The topological polar surface area (TPSA) is 124 Å². The van der Waals surface area contributed by atoms with E-state index in [9.17, 15) is 14.4 Å². The molecule has 5 aromatic rings. The molecule has 0 radical (unpaired) electrons. The number of ether oxygens (including phenoxy) is 4. The van der Waals surface area contributed by atoms with Crippen LogP contribution in [0.5, 0.6) is 23.0 Å². The molecule has 0 aliphatic carbocycles. The quantitative estimate of drug-likeness (QED) is 0.0769. The first kappa shape index (κ1) is 37.3. The molecule has 1 unspecified atom stereocenters. The second-order valence-corrected chi connectivity index (χ2v) is 12.7.